The molecular formula is C79H108N16O16. The van der Waals surface area contributed by atoms with E-state index in [2.05, 4.69) is 47.2 Å². The number of carbonyl (C=O) groups is 9. The largest absolute Gasteiger partial charge is 0.444 e. The monoisotopic (exact) mass is 1540 g/mol. The van der Waals surface area contributed by atoms with Crippen LogP contribution in [0.1, 0.15) is 151 Å². The molecule has 32 nitrogen and oxygen atoms in total. The molecule has 32 heteroatoms. The van der Waals surface area contributed by atoms with Gasteiger partial charge in [-0.25, -0.2) is 43.9 Å². The molecule has 0 bridgehead atoms. The number of ketones is 2. The minimum Gasteiger partial charge on any atom is -0.444 e. The van der Waals surface area contributed by atoms with Gasteiger partial charge in [-0.2, -0.15) is 0 Å². The highest BCUT2D eigenvalue weighted by atomic mass is 16.6. The number of ether oxygens (including phenoxy) is 5. The summed E-state index contributed by atoms with van der Waals surface area (Å²) in [7, 11) is 0. The van der Waals surface area contributed by atoms with Crippen LogP contribution < -0.4 is 54.4 Å². The molecule has 0 aliphatic heterocycles. The molecule has 600 valence electrons. The lowest BCUT2D eigenvalue weighted by atomic mass is 9.89. The Morgan fingerprint density at radius 3 is 1.26 bits per heavy atom. The van der Waals surface area contributed by atoms with Crippen LogP contribution in [0.4, 0.5) is 47.0 Å². The Hall–Kier alpha value is -10.9. The smallest absolute Gasteiger partial charge is 0.413 e. The number of hydrogen-bond acceptors (Lipinski definition) is 21. The van der Waals surface area contributed by atoms with E-state index in [0.29, 0.717) is 99.7 Å². The van der Waals surface area contributed by atoms with Gasteiger partial charge >= 0.3 is 30.3 Å². The Kier molecular flexibility index (Phi) is 31.6. The number of carbonyl (C=O) groups excluding carboxylic acids is 9. The summed E-state index contributed by atoms with van der Waals surface area (Å²) in [6, 6.07) is 25.4. The predicted molar refractivity (Wildman–Crippen MR) is 422 cm³/mol. The van der Waals surface area contributed by atoms with E-state index in [-0.39, 0.29) is 113 Å². The van der Waals surface area contributed by atoms with Crippen molar-refractivity contribution < 1.29 is 77.0 Å². The van der Waals surface area contributed by atoms with E-state index < -0.39 is 77.0 Å². The number of Topliss-reactive ketones (excluding diaryl/α,β-unsaturated/α-hetero) is 2. The van der Waals surface area contributed by atoms with Gasteiger partial charge in [0.05, 0.1) is 58.4 Å². The van der Waals surface area contributed by atoms with Crippen LogP contribution >= 0.6 is 0 Å². The van der Waals surface area contributed by atoms with E-state index in [4.69, 9.17) is 50.9 Å². The first-order chi connectivity index (χ1) is 52.4. The summed E-state index contributed by atoms with van der Waals surface area (Å²) in [6.07, 6.45) is -1.05. The Morgan fingerprint density at radius 1 is 0.505 bits per heavy atom. The van der Waals surface area contributed by atoms with Gasteiger partial charge in [0.15, 0.2) is 23.2 Å². The second kappa shape index (κ2) is 40.1. The fourth-order valence-electron chi connectivity index (χ4n) is 12.0. The third-order valence-electron chi connectivity index (χ3n) is 17.4. The van der Waals surface area contributed by atoms with Gasteiger partial charge in [0.25, 0.3) is 0 Å². The maximum Gasteiger partial charge on any atom is 0.413 e. The number of urea groups is 2. The lowest BCUT2D eigenvalue weighted by Crippen LogP contribution is -2.47. The number of alkyl carbamates (subject to hydrolysis) is 1. The predicted octanol–water partition coefficient (Wildman–Crippen LogP) is 10.7. The third kappa shape index (κ3) is 27.0. The molecule has 0 radical (unpaired) electrons. The van der Waals surface area contributed by atoms with Crippen LogP contribution in [-0.2, 0) is 82.4 Å². The second-order valence-corrected chi connectivity index (χ2v) is 30.0. The SMILES string of the molecule is CCOCc1nc2c(NC(=O)OCc3ccc(NC(=O)[C@H](CCCNC(N)=O)CC(=O)[C@@H](N)C(C)C)cc3)nc3ccccc3c2n1CC(C)(C)O.CCOCc1nc2c(NC(=O)OCc3ccc(NC(=O)[C@H](CCCNC(N)=O)CC(=O)[C@@H](NC(=O)OC(C)(C)C)C(C)C)cc3)nc3ccccc3c2n1CC(C)(C)O. The number of anilines is 4. The number of aliphatic hydroxyl groups is 2. The molecule has 4 heterocycles. The fourth-order valence-corrected chi connectivity index (χ4v) is 12.0. The van der Waals surface area contributed by atoms with Crippen LogP contribution in [0.5, 0.6) is 0 Å². The van der Waals surface area contributed by atoms with E-state index in [1.54, 1.807) is 111 Å². The van der Waals surface area contributed by atoms with E-state index in [1.807, 2.05) is 85.4 Å². The van der Waals surface area contributed by atoms with Crippen molar-refractivity contribution in [3.8, 4) is 0 Å². The van der Waals surface area contributed by atoms with E-state index in [1.165, 1.54) is 0 Å². The van der Waals surface area contributed by atoms with Gasteiger partial charge in [-0.05, 0) is 147 Å². The highest BCUT2D eigenvalue weighted by Gasteiger charge is 2.33. The number of fused-ring (bicyclic) bond motifs is 6. The molecule has 4 aromatic heterocycles. The normalized spacial score (nSPS) is 12.8. The first-order valence-electron chi connectivity index (χ1n) is 37.1. The molecule has 15 N–H and O–H groups in total. The van der Waals surface area contributed by atoms with Crippen LogP contribution in [0.25, 0.3) is 43.9 Å². The Bertz CT molecular complexity index is 4540. The zero-order valence-corrected chi connectivity index (χ0v) is 65.5. The second-order valence-electron chi connectivity index (χ2n) is 30.0. The van der Waals surface area contributed by atoms with Crippen molar-refractivity contribution in [3.63, 3.8) is 0 Å². The lowest BCUT2D eigenvalue weighted by Gasteiger charge is -2.26. The molecule has 8 rings (SSSR count). The molecule has 0 unspecified atom stereocenters. The molecule has 8 aromatic rings. The zero-order chi connectivity index (χ0) is 81.5. The number of primary amides is 2. The average molecular weight is 1540 g/mol. The fraction of sp³-hybridized carbons (Fsp3) is 0.481. The zero-order valence-electron chi connectivity index (χ0n) is 65.5. The van der Waals surface area contributed by atoms with Crippen LogP contribution in [0, 0.1) is 23.7 Å². The summed E-state index contributed by atoms with van der Waals surface area (Å²) in [6.45, 7) is 25.1. The molecule has 4 atom stereocenters. The minimum atomic E-state index is -1.07. The van der Waals surface area contributed by atoms with Crippen LogP contribution in [0.15, 0.2) is 97.1 Å². The maximum atomic E-state index is 13.6. The number of pyridine rings is 2. The molecule has 111 heavy (non-hydrogen) atoms. The number of aromatic nitrogens is 6. The first kappa shape index (κ1) is 87.3. The van der Waals surface area contributed by atoms with Crippen molar-refractivity contribution in [2.24, 2.45) is 40.9 Å². The Balaban J connectivity index is 0.000000311. The third-order valence-corrected chi connectivity index (χ3v) is 17.4. The van der Waals surface area contributed by atoms with Crippen molar-refractivity contribution in [1.82, 2.24) is 45.0 Å². The Morgan fingerprint density at radius 2 is 0.901 bits per heavy atom. The highest BCUT2D eigenvalue weighted by molar-refractivity contribution is 6.10. The van der Waals surface area contributed by atoms with E-state index >= 15 is 0 Å². The number of rotatable bonds is 37. The molecular weight excluding hydrogens is 1430 g/mol. The summed E-state index contributed by atoms with van der Waals surface area (Å²) >= 11 is 0. The number of benzene rings is 4. The van der Waals surface area contributed by atoms with Gasteiger partial charge in [0.1, 0.15) is 54.7 Å². The number of para-hydroxylation sites is 2. The number of hydrogen-bond donors (Lipinski definition) is 12. The van der Waals surface area contributed by atoms with Gasteiger partial charge in [0.2, 0.25) is 11.8 Å². The van der Waals surface area contributed by atoms with Crippen molar-refractivity contribution >= 4 is 121 Å². The van der Waals surface area contributed by atoms with Crippen molar-refractivity contribution in [3.05, 3.63) is 120 Å². The van der Waals surface area contributed by atoms with Gasteiger partial charge in [0, 0.05) is 73.1 Å². The molecule has 4 aromatic carbocycles. The topological polar surface area (TPSA) is 464 Å². The molecule has 0 spiro atoms. The van der Waals surface area contributed by atoms with Gasteiger partial charge in [-0.3, -0.25) is 29.8 Å². The first-order valence-corrected chi connectivity index (χ1v) is 37.1. The summed E-state index contributed by atoms with van der Waals surface area (Å²) in [4.78, 5) is 133. The lowest BCUT2D eigenvalue weighted by molar-refractivity contribution is -0.128. The molecule has 0 aliphatic carbocycles. The van der Waals surface area contributed by atoms with Crippen LogP contribution in [0.2, 0.25) is 0 Å². The number of amides is 9. The minimum absolute atomic E-state index is 0.0331. The van der Waals surface area contributed by atoms with Gasteiger partial charge in [-0.15, -0.1) is 0 Å². The highest BCUT2D eigenvalue weighted by Crippen LogP contribution is 2.35. The number of imidazole rings is 2. The number of nitrogens with two attached hydrogens (primary N) is 3. The van der Waals surface area contributed by atoms with Crippen molar-refractivity contribution in [2.75, 3.05) is 47.6 Å². The van der Waals surface area contributed by atoms with Gasteiger partial charge in [-0.1, -0.05) is 88.4 Å². The standard InChI is InChI=1S/C42H58N8O9.C37H50N8O7/c1-9-57-23-32-47-34-35(50(32)24-42(7,8)56)29-14-10-11-15-30(29)46-36(34)49-39(54)58-22-26-16-18-28(19-17-26)45-37(52)27(13-12-20-44-38(43)53)21-31(51)33(25(2)3)48-40(55)59-41(4,5)6;1-6-51-20-29-43-31-32(45(29)21-37(4,5)50)26-11-7-8-12-27(26)42-33(31)44-36(49)52-19-23-13-15-25(16-14-23)41-34(47)24(10-9-17-40-35(39)48)18-28(46)30(38)22(2)3/h10-11,14-19,25,27,33,56H,9,12-13,20-24H2,1-8H3,(H,45,52)(H,48,55)(H3,43,44,53)(H,46,49,54);7-8,11-16,22,24,30,50H,6,9-10,17-21,38H2,1-5H3,(H,41,47)(H3,39,40,48)(H,42,44,49)/t27-,33+;24-,30+/m11/s1. The quantitative estimate of drug-likeness (QED) is 0.0127. The summed E-state index contributed by atoms with van der Waals surface area (Å²) in [5.74, 6) is -1.59. The molecule has 0 fully saturated rings. The summed E-state index contributed by atoms with van der Waals surface area (Å²) < 4.78 is 31.6. The van der Waals surface area contributed by atoms with Crippen molar-refractivity contribution in [2.45, 2.75) is 197 Å². The molecule has 0 saturated carbocycles. The average Bonchev–Trinajstić information content (AvgIpc) is 1.61. The Labute approximate surface area is 645 Å². The van der Waals surface area contributed by atoms with E-state index in [0.717, 1.165) is 10.8 Å². The van der Waals surface area contributed by atoms with Crippen molar-refractivity contribution in [1.29, 1.82) is 0 Å². The molecule has 0 saturated heterocycles. The number of nitrogens with one attached hydrogen (secondary N) is 7. The van der Waals surface area contributed by atoms with Gasteiger partial charge < -0.3 is 86.8 Å². The van der Waals surface area contributed by atoms with Crippen LogP contribution in [-0.4, -0.2) is 148 Å². The molecule has 0 aliphatic rings. The van der Waals surface area contributed by atoms with Crippen LogP contribution in [0.3, 0.4) is 0 Å². The maximum absolute atomic E-state index is 13.6. The molecule has 9 amide bonds. The number of nitrogens with zero attached hydrogens (tertiary/aromatic N) is 6. The van der Waals surface area contributed by atoms with E-state index in [9.17, 15) is 53.4 Å². The summed E-state index contributed by atoms with van der Waals surface area (Å²) in [5, 5.41) is 41.9. The summed E-state index contributed by atoms with van der Waals surface area (Å²) in [5.41, 5.74) is 19.2.